The van der Waals surface area contributed by atoms with Gasteiger partial charge in [-0.3, -0.25) is 4.79 Å². The molecule has 3 aromatic rings. The standard InChI is InChI=1S/C20H22ClN3O/c1-3-4-19-23-17-9-6-14(11-18(17)24-19)7-10-20(25)22-15-8-5-13(2)16(21)12-15/h5-6,8-9,11-12H,3-4,7,10H2,1-2H3,(H,22,25)(H,23,24). The third-order valence-corrected chi connectivity index (χ3v) is 4.59. The predicted molar refractivity (Wildman–Crippen MR) is 103 cm³/mol. The van der Waals surface area contributed by atoms with Gasteiger partial charge in [0.2, 0.25) is 5.91 Å². The zero-order valence-electron chi connectivity index (χ0n) is 14.5. The first-order chi connectivity index (χ1) is 12.0. The zero-order valence-corrected chi connectivity index (χ0v) is 15.3. The van der Waals surface area contributed by atoms with Crippen LogP contribution in [0.3, 0.4) is 0 Å². The number of aromatic amines is 1. The average Bonchev–Trinajstić information content (AvgIpc) is 2.98. The van der Waals surface area contributed by atoms with Crippen molar-refractivity contribution in [2.24, 2.45) is 0 Å². The second kappa shape index (κ2) is 7.70. The summed E-state index contributed by atoms with van der Waals surface area (Å²) in [4.78, 5) is 20.1. The first-order valence-electron chi connectivity index (χ1n) is 8.58. The number of hydrogen-bond donors (Lipinski definition) is 2. The Labute approximate surface area is 152 Å². The third-order valence-electron chi connectivity index (χ3n) is 4.18. The Hall–Kier alpha value is -2.33. The van der Waals surface area contributed by atoms with Crippen molar-refractivity contribution in [2.45, 2.75) is 39.5 Å². The molecular weight excluding hydrogens is 334 g/mol. The number of carbonyl (C=O) groups is 1. The van der Waals surface area contributed by atoms with Crippen LogP contribution in [0.2, 0.25) is 5.02 Å². The SMILES string of the molecule is CCCc1nc2ccc(CCC(=O)Nc3ccc(C)c(Cl)c3)cc2[nH]1. The maximum atomic E-state index is 12.2. The molecule has 0 saturated carbocycles. The molecule has 0 saturated heterocycles. The van der Waals surface area contributed by atoms with Crippen molar-refractivity contribution in [2.75, 3.05) is 5.32 Å². The maximum Gasteiger partial charge on any atom is 0.224 e. The van der Waals surface area contributed by atoms with Gasteiger partial charge in [-0.1, -0.05) is 30.7 Å². The van der Waals surface area contributed by atoms with Crippen LogP contribution in [-0.4, -0.2) is 15.9 Å². The van der Waals surface area contributed by atoms with Crippen molar-refractivity contribution < 1.29 is 4.79 Å². The van der Waals surface area contributed by atoms with Crippen molar-refractivity contribution in [3.8, 4) is 0 Å². The quantitative estimate of drug-likeness (QED) is 0.650. The molecule has 0 fully saturated rings. The predicted octanol–water partition coefficient (Wildman–Crippen LogP) is 5.05. The number of amides is 1. The van der Waals surface area contributed by atoms with E-state index in [4.69, 9.17) is 11.6 Å². The second-order valence-electron chi connectivity index (χ2n) is 6.30. The number of aryl methyl sites for hydroxylation is 3. The number of hydrogen-bond acceptors (Lipinski definition) is 2. The molecule has 4 nitrogen and oxygen atoms in total. The molecule has 2 aromatic carbocycles. The van der Waals surface area contributed by atoms with E-state index in [9.17, 15) is 4.79 Å². The Balaban J connectivity index is 1.61. The molecule has 3 rings (SSSR count). The Bertz CT molecular complexity index is 901. The van der Waals surface area contributed by atoms with Crippen molar-refractivity contribution in [3.63, 3.8) is 0 Å². The molecule has 0 radical (unpaired) electrons. The second-order valence-corrected chi connectivity index (χ2v) is 6.70. The normalized spacial score (nSPS) is 11.0. The molecule has 0 spiro atoms. The molecule has 25 heavy (non-hydrogen) atoms. The van der Waals surface area contributed by atoms with Crippen LogP contribution < -0.4 is 5.32 Å². The number of rotatable bonds is 6. The minimum atomic E-state index is -0.0173. The summed E-state index contributed by atoms with van der Waals surface area (Å²) in [5, 5.41) is 3.55. The molecule has 1 amide bonds. The van der Waals surface area contributed by atoms with E-state index in [0.29, 0.717) is 17.9 Å². The van der Waals surface area contributed by atoms with Crippen LogP contribution in [0.15, 0.2) is 36.4 Å². The Morgan fingerprint density at radius 1 is 1.20 bits per heavy atom. The topological polar surface area (TPSA) is 57.8 Å². The van der Waals surface area contributed by atoms with Gasteiger partial charge in [0.05, 0.1) is 11.0 Å². The van der Waals surface area contributed by atoms with E-state index in [0.717, 1.165) is 46.5 Å². The van der Waals surface area contributed by atoms with Crippen molar-refractivity contribution in [1.82, 2.24) is 9.97 Å². The van der Waals surface area contributed by atoms with Gasteiger partial charge in [-0.15, -0.1) is 0 Å². The van der Waals surface area contributed by atoms with E-state index in [1.807, 2.05) is 31.2 Å². The number of fused-ring (bicyclic) bond motifs is 1. The maximum absolute atomic E-state index is 12.2. The van der Waals surface area contributed by atoms with E-state index in [2.05, 4.69) is 28.3 Å². The van der Waals surface area contributed by atoms with Crippen LogP contribution >= 0.6 is 11.6 Å². The number of halogens is 1. The van der Waals surface area contributed by atoms with Gasteiger partial charge in [0.25, 0.3) is 0 Å². The lowest BCUT2D eigenvalue weighted by Crippen LogP contribution is -2.12. The lowest BCUT2D eigenvalue weighted by atomic mass is 10.1. The van der Waals surface area contributed by atoms with Gasteiger partial charge in [-0.2, -0.15) is 0 Å². The molecule has 1 heterocycles. The van der Waals surface area contributed by atoms with Gasteiger partial charge >= 0.3 is 0 Å². The van der Waals surface area contributed by atoms with Gasteiger partial charge in [0.15, 0.2) is 0 Å². The van der Waals surface area contributed by atoms with E-state index >= 15 is 0 Å². The lowest BCUT2D eigenvalue weighted by Gasteiger charge is -2.07. The summed E-state index contributed by atoms with van der Waals surface area (Å²) in [6, 6.07) is 11.7. The molecule has 0 aliphatic rings. The number of H-pyrrole nitrogens is 1. The smallest absolute Gasteiger partial charge is 0.224 e. The summed E-state index contributed by atoms with van der Waals surface area (Å²) in [6.07, 6.45) is 3.12. The van der Waals surface area contributed by atoms with Crippen LogP contribution in [-0.2, 0) is 17.6 Å². The summed E-state index contributed by atoms with van der Waals surface area (Å²) in [7, 11) is 0. The zero-order chi connectivity index (χ0) is 17.8. The minimum Gasteiger partial charge on any atom is -0.342 e. The summed E-state index contributed by atoms with van der Waals surface area (Å²) >= 11 is 6.09. The van der Waals surface area contributed by atoms with Gasteiger partial charge in [-0.05, 0) is 55.2 Å². The summed E-state index contributed by atoms with van der Waals surface area (Å²) in [5.41, 5.74) is 4.86. The van der Waals surface area contributed by atoms with Crippen LogP contribution in [0, 0.1) is 6.92 Å². The molecule has 0 aliphatic heterocycles. The summed E-state index contributed by atoms with van der Waals surface area (Å²) < 4.78 is 0. The third kappa shape index (κ3) is 4.40. The number of nitrogens with zero attached hydrogens (tertiary/aromatic N) is 1. The molecule has 0 atom stereocenters. The van der Waals surface area contributed by atoms with E-state index < -0.39 is 0 Å². The highest BCUT2D eigenvalue weighted by molar-refractivity contribution is 6.31. The van der Waals surface area contributed by atoms with Crippen molar-refractivity contribution in [1.29, 1.82) is 0 Å². The first kappa shape index (κ1) is 17.5. The fourth-order valence-corrected chi connectivity index (χ4v) is 2.95. The minimum absolute atomic E-state index is 0.0173. The highest BCUT2D eigenvalue weighted by Crippen LogP contribution is 2.20. The fourth-order valence-electron chi connectivity index (χ4n) is 2.77. The van der Waals surface area contributed by atoms with Crippen molar-refractivity contribution in [3.05, 3.63) is 58.4 Å². The van der Waals surface area contributed by atoms with Gasteiger partial charge in [-0.25, -0.2) is 4.98 Å². The lowest BCUT2D eigenvalue weighted by molar-refractivity contribution is -0.116. The number of imidazole rings is 1. The van der Waals surface area contributed by atoms with E-state index in [1.54, 1.807) is 6.07 Å². The van der Waals surface area contributed by atoms with Crippen LogP contribution in [0.25, 0.3) is 11.0 Å². The molecule has 0 unspecified atom stereocenters. The Kier molecular flexibility index (Phi) is 5.39. The molecular formula is C20H22ClN3O. The number of nitrogens with one attached hydrogen (secondary N) is 2. The van der Waals surface area contributed by atoms with Gasteiger partial charge in [0.1, 0.15) is 5.82 Å². The average molecular weight is 356 g/mol. The van der Waals surface area contributed by atoms with Crippen LogP contribution in [0.1, 0.15) is 36.7 Å². The Morgan fingerprint density at radius 2 is 2.04 bits per heavy atom. The largest absolute Gasteiger partial charge is 0.342 e. The van der Waals surface area contributed by atoms with Gasteiger partial charge < -0.3 is 10.3 Å². The monoisotopic (exact) mass is 355 g/mol. The van der Waals surface area contributed by atoms with Crippen molar-refractivity contribution >= 4 is 34.2 Å². The van der Waals surface area contributed by atoms with E-state index in [1.165, 1.54) is 0 Å². The number of benzene rings is 2. The molecule has 130 valence electrons. The molecule has 2 N–H and O–H groups in total. The summed E-state index contributed by atoms with van der Waals surface area (Å²) in [5.74, 6) is 1.000. The Morgan fingerprint density at radius 3 is 2.80 bits per heavy atom. The fraction of sp³-hybridized carbons (Fsp3) is 0.300. The summed E-state index contributed by atoms with van der Waals surface area (Å²) in [6.45, 7) is 4.07. The number of aromatic nitrogens is 2. The molecule has 0 bridgehead atoms. The highest BCUT2D eigenvalue weighted by atomic mass is 35.5. The van der Waals surface area contributed by atoms with E-state index in [-0.39, 0.29) is 5.91 Å². The number of anilines is 1. The van der Waals surface area contributed by atoms with Crippen LogP contribution in [0.4, 0.5) is 5.69 Å². The van der Waals surface area contributed by atoms with Crippen LogP contribution in [0.5, 0.6) is 0 Å². The molecule has 1 aromatic heterocycles. The number of carbonyl (C=O) groups excluding carboxylic acids is 1. The first-order valence-corrected chi connectivity index (χ1v) is 8.96. The van der Waals surface area contributed by atoms with Gasteiger partial charge in [0, 0.05) is 23.6 Å². The highest BCUT2D eigenvalue weighted by Gasteiger charge is 2.07. The molecule has 0 aliphatic carbocycles. The molecule has 5 heteroatoms.